The van der Waals surface area contributed by atoms with Gasteiger partial charge in [0.05, 0.1) is 0 Å². The second kappa shape index (κ2) is 7.36. The molecule has 2 aliphatic heterocycles. The molecule has 0 aliphatic carbocycles. The minimum atomic E-state index is 0.484. The number of thioether (sulfide) groups is 1. The van der Waals surface area contributed by atoms with Gasteiger partial charge in [-0.2, -0.15) is 0 Å². The van der Waals surface area contributed by atoms with E-state index < -0.39 is 0 Å². The Morgan fingerprint density at radius 2 is 2.19 bits per heavy atom. The van der Waals surface area contributed by atoms with Crippen molar-refractivity contribution in [2.75, 3.05) is 25.4 Å². The molecule has 0 saturated carbocycles. The first-order valence-electron chi connectivity index (χ1n) is 8.17. The molecule has 1 fully saturated rings. The van der Waals surface area contributed by atoms with Gasteiger partial charge in [-0.05, 0) is 74.8 Å². The number of rotatable bonds is 3. The van der Waals surface area contributed by atoms with E-state index >= 15 is 0 Å². The van der Waals surface area contributed by atoms with Gasteiger partial charge in [0.2, 0.25) is 0 Å². The van der Waals surface area contributed by atoms with Gasteiger partial charge in [-0.1, -0.05) is 18.5 Å². The van der Waals surface area contributed by atoms with Gasteiger partial charge in [0.1, 0.15) is 0 Å². The zero-order valence-electron chi connectivity index (χ0n) is 12.8. The van der Waals surface area contributed by atoms with Gasteiger partial charge in [0.15, 0.2) is 0 Å². The maximum Gasteiger partial charge on any atom is 0.0410 e. The van der Waals surface area contributed by atoms with E-state index in [0.29, 0.717) is 12.1 Å². The minimum Gasteiger partial charge on any atom is -0.307 e. The molecule has 0 spiro atoms. The molecule has 21 heavy (non-hydrogen) atoms. The third kappa shape index (κ3) is 3.95. The molecule has 2 unspecified atom stereocenters. The average molecular weight is 325 g/mol. The van der Waals surface area contributed by atoms with Crippen molar-refractivity contribution in [3.05, 3.63) is 28.8 Å². The fraction of sp³-hybridized carbons (Fsp3) is 0.647. The maximum absolute atomic E-state index is 6.21. The monoisotopic (exact) mass is 324 g/mol. The van der Waals surface area contributed by atoms with Crippen molar-refractivity contribution in [2.45, 2.75) is 49.6 Å². The lowest BCUT2D eigenvalue weighted by atomic mass is 10.0. The summed E-state index contributed by atoms with van der Waals surface area (Å²) in [5.41, 5.74) is 1.41. The summed E-state index contributed by atoms with van der Waals surface area (Å²) in [6.45, 7) is 5.95. The summed E-state index contributed by atoms with van der Waals surface area (Å²) in [6.07, 6.45) is 5.10. The van der Waals surface area contributed by atoms with Crippen LogP contribution in [0.5, 0.6) is 0 Å². The Morgan fingerprint density at radius 3 is 3.05 bits per heavy atom. The van der Waals surface area contributed by atoms with Crippen LogP contribution in [0, 0.1) is 0 Å². The Balaban J connectivity index is 1.67. The van der Waals surface area contributed by atoms with Crippen LogP contribution < -0.4 is 5.32 Å². The zero-order chi connectivity index (χ0) is 14.7. The molecule has 2 aliphatic rings. The average Bonchev–Trinajstić information content (AvgIpc) is 2.73. The summed E-state index contributed by atoms with van der Waals surface area (Å²) in [5, 5.41) is 4.79. The van der Waals surface area contributed by atoms with Crippen molar-refractivity contribution in [3.63, 3.8) is 0 Å². The molecule has 0 aromatic heterocycles. The predicted octanol–water partition coefficient (Wildman–Crippen LogP) is 4.34. The first-order valence-corrected chi connectivity index (χ1v) is 9.53. The normalized spacial score (nSPS) is 27.1. The van der Waals surface area contributed by atoms with Crippen LogP contribution in [0.15, 0.2) is 23.1 Å². The van der Waals surface area contributed by atoms with Crippen molar-refractivity contribution in [3.8, 4) is 0 Å². The molecular formula is C17H25ClN2S. The molecular weight excluding hydrogens is 300 g/mol. The molecule has 2 heterocycles. The first kappa shape index (κ1) is 15.7. The SMILES string of the molecule is CCN1CCCC(NC2CCSc3ccc(Cl)cc32)CC1. The molecule has 116 valence electrons. The summed E-state index contributed by atoms with van der Waals surface area (Å²) in [7, 11) is 0. The highest BCUT2D eigenvalue weighted by Gasteiger charge is 2.24. The van der Waals surface area contributed by atoms with Gasteiger partial charge in [-0.3, -0.25) is 0 Å². The fourth-order valence-corrected chi connectivity index (χ4v) is 4.75. The first-order chi connectivity index (χ1) is 10.3. The number of nitrogens with one attached hydrogen (secondary N) is 1. The molecule has 1 aromatic rings. The van der Waals surface area contributed by atoms with E-state index in [0.717, 1.165) is 5.02 Å². The highest BCUT2D eigenvalue weighted by molar-refractivity contribution is 7.99. The van der Waals surface area contributed by atoms with Gasteiger partial charge in [0.25, 0.3) is 0 Å². The lowest BCUT2D eigenvalue weighted by molar-refractivity contribution is 0.294. The molecule has 2 atom stereocenters. The smallest absolute Gasteiger partial charge is 0.0410 e. The Kier molecular flexibility index (Phi) is 5.49. The second-order valence-corrected chi connectivity index (χ2v) is 7.67. The summed E-state index contributed by atoms with van der Waals surface area (Å²) in [6, 6.07) is 7.50. The summed E-state index contributed by atoms with van der Waals surface area (Å²) in [4.78, 5) is 3.98. The topological polar surface area (TPSA) is 15.3 Å². The molecule has 4 heteroatoms. The summed E-state index contributed by atoms with van der Waals surface area (Å²) < 4.78 is 0. The van der Waals surface area contributed by atoms with Gasteiger partial charge in [-0.15, -0.1) is 11.8 Å². The zero-order valence-corrected chi connectivity index (χ0v) is 14.3. The van der Waals surface area contributed by atoms with Crippen LogP contribution in [0.4, 0.5) is 0 Å². The summed E-state index contributed by atoms with van der Waals surface area (Å²) in [5.74, 6) is 1.21. The Bertz CT molecular complexity index is 480. The van der Waals surface area contributed by atoms with Crippen LogP contribution in [0.3, 0.4) is 0 Å². The van der Waals surface area contributed by atoms with Gasteiger partial charge in [-0.25, -0.2) is 0 Å². The van der Waals surface area contributed by atoms with E-state index in [4.69, 9.17) is 11.6 Å². The van der Waals surface area contributed by atoms with Crippen LogP contribution in [-0.4, -0.2) is 36.3 Å². The van der Waals surface area contributed by atoms with E-state index in [1.807, 2.05) is 17.8 Å². The van der Waals surface area contributed by atoms with Gasteiger partial charge in [0, 0.05) is 22.0 Å². The predicted molar refractivity (Wildman–Crippen MR) is 92.4 cm³/mol. The van der Waals surface area contributed by atoms with Crippen LogP contribution >= 0.6 is 23.4 Å². The van der Waals surface area contributed by atoms with Crippen molar-refractivity contribution < 1.29 is 0 Å². The van der Waals surface area contributed by atoms with E-state index in [1.165, 1.54) is 61.5 Å². The number of benzene rings is 1. The van der Waals surface area contributed by atoms with Crippen LogP contribution in [-0.2, 0) is 0 Å². The van der Waals surface area contributed by atoms with Crippen LogP contribution in [0.1, 0.15) is 44.2 Å². The van der Waals surface area contributed by atoms with Crippen molar-refractivity contribution >= 4 is 23.4 Å². The van der Waals surface area contributed by atoms with E-state index in [1.54, 1.807) is 0 Å². The molecule has 1 saturated heterocycles. The molecule has 2 nitrogen and oxygen atoms in total. The van der Waals surface area contributed by atoms with Gasteiger partial charge < -0.3 is 10.2 Å². The van der Waals surface area contributed by atoms with E-state index in [2.05, 4.69) is 29.3 Å². The van der Waals surface area contributed by atoms with E-state index in [9.17, 15) is 0 Å². The quantitative estimate of drug-likeness (QED) is 0.890. The highest BCUT2D eigenvalue weighted by Crippen LogP contribution is 2.38. The Labute approximate surface area is 137 Å². The van der Waals surface area contributed by atoms with E-state index in [-0.39, 0.29) is 0 Å². The fourth-order valence-electron chi connectivity index (χ4n) is 3.46. The molecule has 0 bridgehead atoms. The largest absolute Gasteiger partial charge is 0.307 e. The number of nitrogens with zero attached hydrogens (tertiary/aromatic N) is 1. The van der Waals surface area contributed by atoms with Gasteiger partial charge >= 0.3 is 0 Å². The lowest BCUT2D eigenvalue weighted by Crippen LogP contribution is -2.35. The maximum atomic E-state index is 6.21. The van der Waals surface area contributed by atoms with Crippen molar-refractivity contribution in [2.24, 2.45) is 0 Å². The number of hydrogen-bond acceptors (Lipinski definition) is 3. The molecule has 0 radical (unpaired) electrons. The highest BCUT2D eigenvalue weighted by atomic mass is 35.5. The molecule has 3 rings (SSSR count). The molecule has 0 amide bonds. The standard InChI is InChI=1S/C17H25ClN2S/c1-2-20-9-3-4-14(7-10-20)19-16-8-11-21-17-6-5-13(18)12-15(16)17/h5-6,12,14,16,19H,2-4,7-11H2,1H3. The van der Waals surface area contributed by atoms with Crippen molar-refractivity contribution in [1.29, 1.82) is 0 Å². The molecule has 1 aromatic carbocycles. The Hall–Kier alpha value is -0.220. The number of hydrogen-bond donors (Lipinski definition) is 1. The second-order valence-electron chi connectivity index (χ2n) is 6.10. The lowest BCUT2D eigenvalue weighted by Gasteiger charge is -2.30. The Morgan fingerprint density at radius 1 is 1.29 bits per heavy atom. The number of fused-ring (bicyclic) bond motifs is 1. The molecule has 1 N–H and O–H groups in total. The van der Waals surface area contributed by atoms with Crippen LogP contribution in [0.2, 0.25) is 5.02 Å². The third-order valence-electron chi connectivity index (χ3n) is 4.72. The number of halogens is 1. The van der Waals surface area contributed by atoms with Crippen LogP contribution in [0.25, 0.3) is 0 Å². The van der Waals surface area contributed by atoms with Crippen molar-refractivity contribution in [1.82, 2.24) is 10.2 Å². The minimum absolute atomic E-state index is 0.484. The number of likely N-dealkylation sites (tertiary alicyclic amines) is 1. The summed E-state index contributed by atoms with van der Waals surface area (Å²) >= 11 is 8.17. The third-order valence-corrected chi connectivity index (χ3v) is 6.07.